The maximum atomic E-state index is 12.7. The quantitative estimate of drug-likeness (QED) is 0.899. The van der Waals surface area contributed by atoms with Crippen molar-refractivity contribution in [2.75, 3.05) is 18.7 Å². The monoisotopic (exact) mass is 275 g/mol. The van der Waals surface area contributed by atoms with Crippen LogP contribution in [0.5, 0.6) is 0 Å². The van der Waals surface area contributed by atoms with Crippen LogP contribution >= 0.6 is 15.9 Å². The molecule has 5 heteroatoms. The second kappa shape index (κ2) is 3.56. The van der Waals surface area contributed by atoms with Gasteiger partial charge in [-0.1, -0.05) is 15.9 Å². The van der Waals surface area contributed by atoms with E-state index in [1.54, 1.807) is 18.2 Å². The van der Waals surface area contributed by atoms with Gasteiger partial charge in [0, 0.05) is 15.7 Å². The van der Waals surface area contributed by atoms with Crippen LogP contribution in [-0.4, -0.2) is 24.7 Å². The van der Waals surface area contributed by atoms with Gasteiger partial charge in [-0.15, -0.1) is 0 Å². The van der Waals surface area contributed by atoms with Crippen LogP contribution in [0.25, 0.3) is 0 Å². The van der Waals surface area contributed by atoms with E-state index in [2.05, 4.69) is 21.2 Å². The number of hydrogen-bond donors (Lipinski definition) is 1. The number of fused-ring (bicyclic) bond motifs is 1. The molecular formula is C10H8BrF2NO. The Balaban J connectivity index is 2.49. The first-order valence-electron chi connectivity index (χ1n) is 4.37. The Hall–Kier alpha value is -0.970. The van der Waals surface area contributed by atoms with Gasteiger partial charge in [0.25, 0.3) is 0 Å². The lowest BCUT2D eigenvalue weighted by Crippen LogP contribution is -2.46. The summed E-state index contributed by atoms with van der Waals surface area (Å²) in [6, 6.07) is 4.91. The van der Waals surface area contributed by atoms with E-state index in [1.165, 1.54) is 0 Å². The first kappa shape index (κ1) is 10.5. The highest BCUT2D eigenvalue weighted by molar-refractivity contribution is 9.10. The number of carbonyl (C=O) groups is 1. The minimum atomic E-state index is -1.71. The molecule has 0 aliphatic carbocycles. The maximum absolute atomic E-state index is 12.7. The summed E-state index contributed by atoms with van der Waals surface area (Å²) in [5.74, 6) is -0.524. The highest BCUT2D eigenvalue weighted by atomic mass is 79.9. The molecule has 0 fully saturated rings. The number of halogens is 3. The topological polar surface area (TPSA) is 29.1 Å². The average molecular weight is 276 g/mol. The molecule has 2 nitrogen and oxygen atoms in total. The van der Waals surface area contributed by atoms with Crippen molar-refractivity contribution in [3.8, 4) is 0 Å². The van der Waals surface area contributed by atoms with Gasteiger partial charge in [-0.2, -0.15) is 0 Å². The van der Waals surface area contributed by atoms with E-state index in [-0.39, 0.29) is 0 Å². The van der Waals surface area contributed by atoms with E-state index in [1.807, 2.05) is 0 Å². The summed E-state index contributed by atoms with van der Waals surface area (Å²) in [5.41, 5.74) is -0.887. The fraction of sp³-hybridized carbons (Fsp3) is 0.300. The van der Waals surface area contributed by atoms with Gasteiger partial charge < -0.3 is 5.32 Å². The van der Waals surface area contributed by atoms with E-state index < -0.39 is 24.7 Å². The Morgan fingerprint density at radius 1 is 1.33 bits per heavy atom. The zero-order valence-electron chi connectivity index (χ0n) is 7.69. The molecule has 0 atom stereocenters. The molecule has 0 saturated heterocycles. The molecule has 0 saturated carbocycles. The molecule has 1 aromatic rings. The number of rotatable bonds is 2. The van der Waals surface area contributed by atoms with Crippen molar-refractivity contribution in [1.29, 1.82) is 0 Å². The summed E-state index contributed by atoms with van der Waals surface area (Å²) in [7, 11) is 0. The predicted molar refractivity (Wildman–Crippen MR) is 56.8 cm³/mol. The molecule has 1 heterocycles. The van der Waals surface area contributed by atoms with Gasteiger partial charge in [0.2, 0.25) is 0 Å². The third-order valence-corrected chi connectivity index (χ3v) is 2.98. The number of nitrogens with one attached hydrogen (secondary N) is 1. The van der Waals surface area contributed by atoms with Gasteiger partial charge >= 0.3 is 0 Å². The normalized spacial score (nSPS) is 17.4. The van der Waals surface area contributed by atoms with Gasteiger partial charge in [0.15, 0.2) is 11.3 Å². The van der Waals surface area contributed by atoms with Crippen molar-refractivity contribution in [2.24, 2.45) is 0 Å². The summed E-state index contributed by atoms with van der Waals surface area (Å²) in [6.07, 6.45) is 0. The fourth-order valence-electron chi connectivity index (χ4n) is 1.61. The second-order valence-electron chi connectivity index (χ2n) is 3.49. The lowest BCUT2D eigenvalue weighted by Gasteiger charge is -2.20. The first-order valence-corrected chi connectivity index (χ1v) is 5.17. The summed E-state index contributed by atoms with van der Waals surface area (Å²) >= 11 is 3.21. The predicted octanol–water partition coefficient (Wildman–Crippen LogP) is 2.74. The molecule has 0 aromatic heterocycles. The largest absolute Gasteiger partial charge is 0.368 e. The fourth-order valence-corrected chi connectivity index (χ4v) is 1.97. The summed E-state index contributed by atoms with van der Waals surface area (Å²) in [5, 5.41) is 2.60. The lowest BCUT2D eigenvalue weighted by molar-refractivity contribution is 0.0871. The smallest absolute Gasteiger partial charge is 0.195 e. The molecule has 0 unspecified atom stereocenters. The zero-order valence-corrected chi connectivity index (χ0v) is 9.27. The summed E-state index contributed by atoms with van der Waals surface area (Å²) in [6.45, 7) is -2.09. The Bertz CT molecular complexity index is 418. The van der Waals surface area contributed by atoms with Crippen LogP contribution in [0.1, 0.15) is 10.4 Å². The standard InChI is InChI=1S/C10H8BrF2NO/c11-6-1-2-8-7(3-6)9(15)10(4-12,5-13)14-8/h1-3,14H,4-5H2. The van der Waals surface area contributed by atoms with Crippen molar-refractivity contribution in [1.82, 2.24) is 0 Å². The Labute approximate surface area is 93.8 Å². The summed E-state index contributed by atoms with van der Waals surface area (Å²) < 4.78 is 26.2. The molecule has 0 amide bonds. The number of benzene rings is 1. The van der Waals surface area contributed by atoms with E-state index in [0.717, 1.165) is 0 Å². The van der Waals surface area contributed by atoms with Gasteiger partial charge in [0.1, 0.15) is 13.3 Å². The lowest BCUT2D eigenvalue weighted by atomic mass is 9.97. The third kappa shape index (κ3) is 1.45. The highest BCUT2D eigenvalue weighted by Gasteiger charge is 2.45. The van der Waals surface area contributed by atoms with Crippen LogP contribution in [0.15, 0.2) is 22.7 Å². The number of hydrogen-bond acceptors (Lipinski definition) is 2. The van der Waals surface area contributed by atoms with Crippen LogP contribution in [0.3, 0.4) is 0 Å². The molecule has 0 spiro atoms. The van der Waals surface area contributed by atoms with E-state index in [0.29, 0.717) is 15.7 Å². The van der Waals surface area contributed by atoms with E-state index >= 15 is 0 Å². The van der Waals surface area contributed by atoms with Crippen LogP contribution in [-0.2, 0) is 0 Å². The van der Waals surface area contributed by atoms with Crippen LogP contribution in [0, 0.1) is 0 Å². The highest BCUT2D eigenvalue weighted by Crippen LogP contribution is 2.34. The number of alkyl halides is 2. The molecule has 2 rings (SSSR count). The third-order valence-electron chi connectivity index (χ3n) is 2.49. The van der Waals surface area contributed by atoms with Crippen LogP contribution in [0.2, 0.25) is 0 Å². The van der Waals surface area contributed by atoms with Crippen molar-refractivity contribution in [2.45, 2.75) is 5.54 Å². The van der Waals surface area contributed by atoms with Gasteiger partial charge in [0.05, 0.1) is 0 Å². The molecule has 1 aromatic carbocycles. The molecule has 1 aliphatic heterocycles. The van der Waals surface area contributed by atoms with Gasteiger partial charge in [-0.3, -0.25) is 4.79 Å². The number of anilines is 1. The van der Waals surface area contributed by atoms with Crippen LogP contribution < -0.4 is 5.32 Å². The van der Waals surface area contributed by atoms with Gasteiger partial charge in [-0.25, -0.2) is 8.78 Å². The Morgan fingerprint density at radius 3 is 2.60 bits per heavy atom. The van der Waals surface area contributed by atoms with Crippen LogP contribution in [0.4, 0.5) is 14.5 Å². The average Bonchev–Trinajstić information content (AvgIpc) is 2.53. The van der Waals surface area contributed by atoms with Crippen molar-refractivity contribution >= 4 is 27.4 Å². The number of ketones is 1. The minimum absolute atomic E-state index is 0.333. The number of carbonyl (C=O) groups excluding carboxylic acids is 1. The second-order valence-corrected chi connectivity index (χ2v) is 4.41. The molecule has 1 aliphatic rings. The van der Waals surface area contributed by atoms with E-state index in [9.17, 15) is 13.6 Å². The molecule has 0 radical (unpaired) electrons. The van der Waals surface area contributed by atoms with Crippen molar-refractivity contribution in [3.63, 3.8) is 0 Å². The number of Topliss-reactive ketones (excluding diaryl/α,β-unsaturated/α-hetero) is 1. The summed E-state index contributed by atoms with van der Waals surface area (Å²) in [4.78, 5) is 11.8. The zero-order chi connectivity index (χ0) is 11.1. The SMILES string of the molecule is O=C1c2cc(Br)ccc2NC1(CF)CF. The molecule has 1 N–H and O–H groups in total. The molecule has 80 valence electrons. The minimum Gasteiger partial charge on any atom is -0.368 e. The van der Waals surface area contributed by atoms with Crippen molar-refractivity contribution in [3.05, 3.63) is 28.2 Å². The Morgan fingerprint density at radius 2 is 2.00 bits per heavy atom. The Kier molecular flexibility index (Phi) is 2.50. The van der Waals surface area contributed by atoms with Gasteiger partial charge in [-0.05, 0) is 18.2 Å². The first-order chi connectivity index (χ1) is 7.13. The molecular weight excluding hydrogens is 268 g/mol. The van der Waals surface area contributed by atoms with E-state index in [4.69, 9.17) is 0 Å². The molecule has 0 bridgehead atoms. The molecule has 15 heavy (non-hydrogen) atoms. The van der Waals surface area contributed by atoms with Crippen molar-refractivity contribution < 1.29 is 13.6 Å². The maximum Gasteiger partial charge on any atom is 0.195 e.